The van der Waals surface area contributed by atoms with Gasteiger partial charge in [-0.2, -0.15) is 0 Å². The Morgan fingerprint density at radius 2 is 2.00 bits per heavy atom. The summed E-state index contributed by atoms with van der Waals surface area (Å²) in [7, 11) is -4.19. The fourth-order valence-electron chi connectivity index (χ4n) is 0.905. The quantitative estimate of drug-likeness (QED) is 0.822. The predicted molar refractivity (Wildman–Crippen MR) is 50.0 cm³/mol. The summed E-state index contributed by atoms with van der Waals surface area (Å²) in [6, 6.07) is 0. The summed E-state index contributed by atoms with van der Waals surface area (Å²) in [4.78, 5) is 2.61. The van der Waals surface area contributed by atoms with Gasteiger partial charge in [0.05, 0.1) is 16.8 Å². The fourth-order valence-corrected chi connectivity index (χ4v) is 2.02. The number of hydrogen-bond acceptors (Lipinski definition) is 4. The maximum atomic E-state index is 12.4. The molecule has 0 saturated carbocycles. The van der Waals surface area contributed by atoms with Crippen molar-refractivity contribution in [3.8, 4) is 0 Å². The molecule has 1 aromatic heterocycles. The molecule has 0 spiro atoms. The molecular formula is C6H6ClF2N3O2S. The summed E-state index contributed by atoms with van der Waals surface area (Å²) in [5.41, 5.74) is 4.29. The monoisotopic (exact) mass is 257 g/mol. The van der Waals surface area contributed by atoms with Gasteiger partial charge in [-0.3, -0.25) is 0 Å². The number of pyridine rings is 1. The van der Waals surface area contributed by atoms with E-state index >= 15 is 0 Å². The van der Waals surface area contributed by atoms with Crippen LogP contribution >= 0.6 is 11.6 Å². The Morgan fingerprint density at radius 3 is 2.40 bits per heavy atom. The predicted octanol–water partition coefficient (Wildman–Crippen LogP) is 0.902. The van der Waals surface area contributed by atoms with Crippen molar-refractivity contribution in [1.29, 1.82) is 0 Å². The van der Waals surface area contributed by atoms with Gasteiger partial charge in [0.2, 0.25) is 10.0 Å². The highest BCUT2D eigenvalue weighted by atomic mass is 35.5. The van der Waals surface area contributed by atoms with E-state index in [0.29, 0.717) is 0 Å². The van der Waals surface area contributed by atoms with Crippen LogP contribution < -0.4 is 10.9 Å². The molecule has 0 saturated heterocycles. The van der Waals surface area contributed by atoms with Crippen molar-refractivity contribution in [2.45, 2.75) is 11.3 Å². The summed E-state index contributed by atoms with van der Waals surface area (Å²) in [5.74, 6) is -0.526. The van der Waals surface area contributed by atoms with Crippen molar-refractivity contribution in [2.24, 2.45) is 5.14 Å². The van der Waals surface area contributed by atoms with Crippen LogP contribution in [0.2, 0.25) is 5.02 Å². The first-order valence-electron chi connectivity index (χ1n) is 3.50. The summed E-state index contributed by atoms with van der Waals surface area (Å²) >= 11 is 5.43. The lowest BCUT2D eigenvalue weighted by molar-refractivity contribution is 0.151. The molecule has 0 aliphatic carbocycles. The molecule has 0 amide bonds. The normalized spacial score (nSPS) is 12.1. The van der Waals surface area contributed by atoms with E-state index in [9.17, 15) is 17.2 Å². The number of nitrogens with two attached hydrogens (primary N) is 2. The lowest BCUT2D eigenvalue weighted by atomic mass is 10.2. The number of sulfonamides is 1. The van der Waals surface area contributed by atoms with Crippen LogP contribution in [0.4, 0.5) is 14.6 Å². The highest BCUT2D eigenvalue weighted by Crippen LogP contribution is 2.34. The highest BCUT2D eigenvalue weighted by molar-refractivity contribution is 7.89. The Bertz CT molecular complexity index is 491. The first kappa shape index (κ1) is 12.1. The number of hydrogen-bond donors (Lipinski definition) is 2. The lowest BCUT2D eigenvalue weighted by Crippen LogP contribution is -2.15. The second kappa shape index (κ2) is 3.87. The average Bonchev–Trinajstić information content (AvgIpc) is 2.00. The summed E-state index contributed by atoms with van der Waals surface area (Å²) in [6.07, 6.45) is -2.29. The van der Waals surface area contributed by atoms with Gasteiger partial charge < -0.3 is 5.73 Å². The molecule has 0 unspecified atom stereocenters. The van der Waals surface area contributed by atoms with Gasteiger partial charge in [0.25, 0.3) is 6.43 Å². The molecule has 15 heavy (non-hydrogen) atoms. The van der Waals surface area contributed by atoms with Gasteiger partial charge in [0.1, 0.15) is 10.7 Å². The van der Waals surface area contributed by atoms with E-state index in [1.54, 1.807) is 0 Å². The third kappa shape index (κ3) is 2.33. The van der Waals surface area contributed by atoms with Crippen molar-refractivity contribution in [3.63, 3.8) is 0 Å². The number of aromatic nitrogens is 1. The van der Waals surface area contributed by atoms with Crippen LogP contribution in [-0.4, -0.2) is 13.4 Å². The van der Waals surface area contributed by atoms with Gasteiger partial charge in [-0.1, -0.05) is 11.6 Å². The third-order valence-corrected chi connectivity index (χ3v) is 3.02. The molecule has 0 aromatic carbocycles. The lowest BCUT2D eigenvalue weighted by Gasteiger charge is -2.08. The highest BCUT2D eigenvalue weighted by Gasteiger charge is 2.24. The zero-order valence-corrected chi connectivity index (χ0v) is 8.69. The number of nitrogen functional groups attached to an aromatic ring is 1. The average molecular weight is 258 g/mol. The van der Waals surface area contributed by atoms with Gasteiger partial charge in [0, 0.05) is 0 Å². The smallest absolute Gasteiger partial charge is 0.268 e. The second-order valence-corrected chi connectivity index (χ2v) is 4.49. The van der Waals surface area contributed by atoms with Crippen molar-refractivity contribution < 1.29 is 17.2 Å². The zero-order chi connectivity index (χ0) is 11.8. The molecule has 0 atom stereocenters. The van der Waals surface area contributed by atoms with E-state index in [2.05, 4.69) is 4.98 Å². The Labute approximate surface area is 89.1 Å². The van der Waals surface area contributed by atoms with Crippen molar-refractivity contribution in [2.75, 3.05) is 5.73 Å². The Hall–Kier alpha value is -0.990. The molecule has 0 bridgehead atoms. The van der Waals surface area contributed by atoms with Gasteiger partial charge in [-0.05, 0) is 0 Å². The maximum absolute atomic E-state index is 12.4. The zero-order valence-electron chi connectivity index (χ0n) is 7.12. The minimum Gasteiger partial charge on any atom is -0.383 e. The van der Waals surface area contributed by atoms with Gasteiger partial charge in [-0.25, -0.2) is 27.3 Å². The fraction of sp³-hybridized carbons (Fsp3) is 0.167. The van der Waals surface area contributed by atoms with Crippen LogP contribution in [0.1, 0.15) is 12.0 Å². The van der Waals surface area contributed by atoms with E-state index in [0.717, 1.165) is 6.20 Å². The molecule has 1 aromatic rings. The first-order chi connectivity index (χ1) is 6.75. The molecule has 0 fully saturated rings. The molecule has 1 rings (SSSR count). The van der Waals surface area contributed by atoms with Gasteiger partial charge in [-0.15, -0.1) is 0 Å². The summed E-state index contributed by atoms with van der Waals surface area (Å²) < 4.78 is 46.6. The Morgan fingerprint density at radius 1 is 1.47 bits per heavy atom. The molecule has 9 heteroatoms. The van der Waals surface area contributed by atoms with E-state index in [4.69, 9.17) is 22.5 Å². The molecule has 1 heterocycles. The number of anilines is 1. The van der Waals surface area contributed by atoms with Gasteiger partial charge in [0.15, 0.2) is 0 Å². The Balaban J connectivity index is 3.56. The van der Waals surface area contributed by atoms with Gasteiger partial charge >= 0.3 is 0 Å². The summed E-state index contributed by atoms with van der Waals surface area (Å²) in [5, 5.41) is 4.04. The van der Waals surface area contributed by atoms with Crippen LogP contribution in [0.3, 0.4) is 0 Å². The topological polar surface area (TPSA) is 99.1 Å². The van der Waals surface area contributed by atoms with Crippen LogP contribution in [0.25, 0.3) is 0 Å². The minimum atomic E-state index is -4.19. The molecule has 84 valence electrons. The van der Waals surface area contributed by atoms with E-state index < -0.39 is 37.7 Å². The van der Waals surface area contributed by atoms with Crippen molar-refractivity contribution in [1.82, 2.24) is 4.98 Å². The molecule has 0 aliphatic rings. The first-order valence-corrected chi connectivity index (χ1v) is 5.42. The second-order valence-electron chi connectivity index (χ2n) is 2.58. The van der Waals surface area contributed by atoms with Crippen LogP contribution in [-0.2, 0) is 10.0 Å². The SMILES string of the molecule is Nc1ncc(S(N)(=O)=O)c(Cl)c1C(F)F. The Kier molecular flexibility index (Phi) is 3.12. The standard InChI is InChI=1S/C6H6ClF2N3O2S/c7-4-2(15(11,13)14)1-12-6(10)3(4)5(8)9/h1,5H,(H2,10,12)(H2,11,13,14). The number of nitrogens with zero attached hydrogens (tertiary/aromatic N) is 1. The maximum Gasteiger partial charge on any atom is 0.268 e. The van der Waals surface area contributed by atoms with E-state index in [1.165, 1.54) is 0 Å². The molecule has 5 nitrogen and oxygen atoms in total. The number of halogens is 3. The van der Waals surface area contributed by atoms with Crippen LogP contribution in [0, 0.1) is 0 Å². The van der Waals surface area contributed by atoms with Crippen molar-refractivity contribution in [3.05, 3.63) is 16.8 Å². The van der Waals surface area contributed by atoms with E-state index in [1.807, 2.05) is 0 Å². The minimum absolute atomic E-state index is 0.526. The van der Waals surface area contributed by atoms with Crippen LogP contribution in [0.5, 0.6) is 0 Å². The van der Waals surface area contributed by atoms with E-state index in [-0.39, 0.29) is 0 Å². The third-order valence-electron chi connectivity index (χ3n) is 1.57. The molecule has 0 radical (unpaired) electrons. The summed E-state index contributed by atoms with van der Waals surface area (Å²) in [6.45, 7) is 0. The number of rotatable bonds is 2. The molecule has 0 aliphatic heterocycles. The molecular weight excluding hydrogens is 252 g/mol. The largest absolute Gasteiger partial charge is 0.383 e. The molecule has 4 N–H and O–H groups in total. The number of primary sulfonamides is 1. The number of alkyl halides is 2. The van der Waals surface area contributed by atoms with Crippen LogP contribution in [0.15, 0.2) is 11.1 Å². The van der Waals surface area contributed by atoms with Crippen molar-refractivity contribution >= 4 is 27.4 Å².